The Balaban J connectivity index is 1.77. The van der Waals surface area contributed by atoms with Gasteiger partial charge in [-0.3, -0.25) is 4.99 Å². The number of nitrogens with zero attached hydrogens (tertiary/aromatic N) is 2. The van der Waals surface area contributed by atoms with Crippen molar-refractivity contribution in [2.24, 2.45) is 10.9 Å². The van der Waals surface area contributed by atoms with Gasteiger partial charge in [-0.1, -0.05) is 0 Å². The molecule has 1 heterocycles. The molecule has 0 spiro atoms. The van der Waals surface area contributed by atoms with Gasteiger partial charge in [-0.05, 0) is 72.0 Å². The first kappa shape index (κ1) is 22.2. The molecule has 1 aliphatic heterocycles. The van der Waals surface area contributed by atoms with Crippen LogP contribution in [0.4, 0.5) is 4.79 Å². The second-order valence-corrected chi connectivity index (χ2v) is 9.78. The summed E-state index contributed by atoms with van der Waals surface area (Å²) in [4.78, 5) is 18.8. The van der Waals surface area contributed by atoms with Crippen molar-refractivity contribution in [1.82, 2.24) is 15.5 Å². The van der Waals surface area contributed by atoms with E-state index in [1.54, 1.807) is 0 Å². The number of nitrogens with one attached hydrogen (secondary N) is 2. The summed E-state index contributed by atoms with van der Waals surface area (Å²) >= 11 is 1.98. The summed E-state index contributed by atoms with van der Waals surface area (Å²) < 4.78 is 5.47. The summed E-state index contributed by atoms with van der Waals surface area (Å²) in [6.07, 6.45) is 7.73. The molecule has 2 atom stereocenters. The van der Waals surface area contributed by atoms with Gasteiger partial charge in [-0.25, -0.2) is 4.79 Å². The van der Waals surface area contributed by atoms with E-state index in [2.05, 4.69) is 23.8 Å². The van der Waals surface area contributed by atoms with Gasteiger partial charge in [0.2, 0.25) is 0 Å². The fourth-order valence-electron chi connectivity index (χ4n) is 3.64. The van der Waals surface area contributed by atoms with Gasteiger partial charge >= 0.3 is 6.09 Å². The lowest BCUT2D eigenvalue weighted by Crippen LogP contribution is -2.44. The highest BCUT2D eigenvalue weighted by Gasteiger charge is 2.27. The molecule has 156 valence electrons. The quantitative estimate of drug-likeness (QED) is 0.548. The predicted octanol–water partition coefficient (Wildman–Crippen LogP) is 3.47. The van der Waals surface area contributed by atoms with Crippen LogP contribution in [0.3, 0.4) is 0 Å². The van der Waals surface area contributed by atoms with Gasteiger partial charge in [0, 0.05) is 37.5 Å². The molecular weight excluding hydrogens is 360 g/mol. The molecule has 0 aromatic heterocycles. The molecule has 0 bridgehead atoms. The average Bonchev–Trinajstić information content (AvgIpc) is 3.06. The molecule has 2 N–H and O–H groups in total. The first-order chi connectivity index (χ1) is 12.8. The normalized spacial score (nSPS) is 24.8. The maximum Gasteiger partial charge on any atom is 0.410 e. The fraction of sp³-hybridized carbons (Fsp3) is 0.900. The lowest BCUT2D eigenvalue weighted by molar-refractivity contribution is 0.0187. The Bertz CT molecular complexity index is 499. The molecule has 0 aromatic carbocycles. The third-order valence-corrected chi connectivity index (χ3v) is 6.27. The zero-order valence-corrected chi connectivity index (χ0v) is 18.5. The zero-order valence-electron chi connectivity index (χ0n) is 17.7. The number of guanidine groups is 1. The number of likely N-dealkylation sites (tertiary alicyclic amines) is 1. The van der Waals surface area contributed by atoms with Crippen LogP contribution in [0.1, 0.15) is 59.8 Å². The fourth-order valence-corrected chi connectivity index (χ4v) is 4.44. The number of rotatable bonds is 5. The third-order valence-electron chi connectivity index (χ3n) is 5.18. The van der Waals surface area contributed by atoms with E-state index in [9.17, 15) is 4.79 Å². The van der Waals surface area contributed by atoms with Gasteiger partial charge in [0.05, 0.1) is 0 Å². The lowest BCUT2D eigenvalue weighted by Gasteiger charge is -2.33. The van der Waals surface area contributed by atoms with E-state index in [-0.39, 0.29) is 6.09 Å². The first-order valence-electron chi connectivity index (χ1n) is 10.4. The molecule has 2 unspecified atom stereocenters. The van der Waals surface area contributed by atoms with Crippen LogP contribution in [-0.4, -0.2) is 66.3 Å². The topological polar surface area (TPSA) is 66.0 Å². The van der Waals surface area contributed by atoms with Crippen molar-refractivity contribution in [3.63, 3.8) is 0 Å². The number of carbonyl (C=O) groups is 1. The van der Waals surface area contributed by atoms with Crippen molar-refractivity contribution in [3.05, 3.63) is 0 Å². The Morgan fingerprint density at radius 2 is 1.93 bits per heavy atom. The maximum atomic E-state index is 12.2. The molecule has 1 aliphatic carbocycles. The van der Waals surface area contributed by atoms with Crippen LogP contribution in [0.2, 0.25) is 0 Å². The standard InChI is InChI=1S/C20H38N4O2S/c1-6-21-18(23-16-7-8-17(13-16)27-5)22-14-15-9-11-24(12-10-15)19(25)26-20(2,3)4/h15-17H,6-14H2,1-5H3,(H2,21,22,23). The van der Waals surface area contributed by atoms with Crippen LogP contribution in [0, 0.1) is 5.92 Å². The Kier molecular flexibility index (Phi) is 8.58. The van der Waals surface area contributed by atoms with Crippen molar-refractivity contribution >= 4 is 23.8 Å². The molecule has 7 heteroatoms. The highest BCUT2D eigenvalue weighted by molar-refractivity contribution is 7.99. The number of hydrogen-bond donors (Lipinski definition) is 2. The summed E-state index contributed by atoms with van der Waals surface area (Å²) in [5.41, 5.74) is -0.430. The van der Waals surface area contributed by atoms with E-state index < -0.39 is 5.60 Å². The molecule has 1 saturated heterocycles. The van der Waals surface area contributed by atoms with Crippen LogP contribution in [-0.2, 0) is 4.74 Å². The largest absolute Gasteiger partial charge is 0.444 e. The van der Waals surface area contributed by atoms with Gasteiger partial charge in [0.15, 0.2) is 5.96 Å². The molecule has 27 heavy (non-hydrogen) atoms. The monoisotopic (exact) mass is 398 g/mol. The Labute approximate surface area is 169 Å². The lowest BCUT2D eigenvalue weighted by atomic mass is 9.97. The molecule has 2 rings (SSSR count). The number of thioether (sulfide) groups is 1. The minimum absolute atomic E-state index is 0.191. The molecule has 2 aliphatic rings. The summed E-state index contributed by atoms with van der Waals surface area (Å²) in [7, 11) is 0. The summed E-state index contributed by atoms with van der Waals surface area (Å²) in [6, 6.07) is 0.536. The number of piperidine rings is 1. The number of ether oxygens (including phenoxy) is 1. The van der Waals surface area contributed by atoms with E-state index in [1.165, 1.54) is 19.3 Å². The van der Waals surface area contributed by atoms with Gasteiger partial charge in [0.25, 0.3) is 0 Å². The van der Waals surface area contributed by atoms with Crippen molar-refractivity contribution in [3.8, 4) is 0 Å². The Morgan fingerprint density at radius 3 is 2.48 bits per heavy atom. The van der Waals surface area contributed by atoms with Crippen molar-refractivity contribution < 1.29 is 9.53 Å². The zero-order chi connectivity index (χ0) is 19.9. The summed E-state index contributed by atoms with van der Waals surface area (Å²) in [6.45, 7) is 11.1. The Morgan fingerprint density at radius 1 is 1.22 bits per heavy atom. The van der Waals surface area contributed by atoms with Crippen molar-refractivity contribution in [2.45, 2.75) is 76.7 Å². The highest BCUT2D eigenvalue weighted by atomic mass is 32.2. The van der Waals surface area contributed by atoms with Crippen molar-refractivity contribution in [1.29, 1.82) is 0 Å². The molecule has 1 saturated carbocycles. The molecule has 1 amide bonds. The van der Waals surface area contributed by atoms with Gasteiger partial charge in [-0.2, -0.15) is 11.8 Å². The smallest absolute Gasteiger partial charge is 0.410 e. The summed E-state index contributed by atoms with van der Waals surface area (Å²) in [5, 5.41) is 7.78. The van der Waals surface area contributed by atoms with E-state index in [0.717, 1.165) is 50.2 Å². The average molecular weight is 399 g/mol. The number of hydrogen-bond acceptors (Lipinski definition) is 4. The van der Waals surface area contributed by atoms with Crippen molar-refractivity contribution in [2.75, 3.05) is 32.4 Å². The summed E-state index contributed by atoms with van der Waals surface area (Å²) in [5.74, 6) is 1.47. The van der Waals surface area contributed by atoms with E-state index in [1.807, 2.05) is 37.4 Å². The van der Waals surface area contributed by atoms with Gasteiger partial charge in [0.1, 0.15) is 5.60 Å². The second kappa shape index (κ2) is 10.4. The van der Waals surface area contributed by atoms with Crippen LogP contribution in [0.15, 0.2) is 4.99 Å². The molecular formula is C20H38N4O2S. The number of aliphatic imine (C=N–C) groups is 1. The molecule has 0 radical (unpaired) electrons. The van der Waals surface area contributed by atoms with Crippen LogP contribution >= 0.6 is 11.8 Å². The van der Waals surface area contributed by atoms with E-state index in [4.69, 9.17) is 9.73 Å². The minimum Gasteiger partial charge on any atom is -0.444 e. The van der Waals surface area contributed by atoms with E-state index >= 15 is 0 Å². The number of amides is 1. The van der Waals surface area contributed by atoms with E-state index in [0.29, 0.717) is 12.0 Å². The minimum atomic E-state index is -0.430. The van der Waals surface area contributed by atoms with Crippen LogP contribution in [0.25, 0.3) is 0 Å². The number of carbonyl (C=O) groups excluding carboxylic acids is 1. The second-order valence-electron chi connectivity index (χ2n) is 8.64. The van der Waals surface area contributed by atoms with Crippen LogP contribution in [0.5, 0.6) is 0 Å². The SMILES string of the molecule is CCNC(=NCC1CCN(C(=O)OC(C)(C)C)CC1)NC1CCC(SC)C1. The van der Waals surface area contributed by atoms with Gasteiger partial charge < -0.3 is 20.3 Å². The molecule has 0 aromatic rings. The molecule has 2 fully saturated rings. The third kappa shape index (κ3) is 7.80. The first-order valence-corrected chi connectivity index (χ1v) is 11.6. The van der Waals surface area contributed by atoms with Crippen LogP contribution < -0.4 is 10.6 Å². The van der Waals surface area contributed by atoms with Gasteiger partial charge in [-0.15, -0.1) is 0 Å². The maximum absolute atomic E-state index is 12.2. The Hall–Kier alpha value is -1.11. The molecule has 6 nitrogen and oxygen atoms in total. The highest BCUT2D eigenvalue weighted by Crippen LogP contribution is 2.28. The predicted molar refractivity (Wildman–Crippen MR) is 115 cm³/mol.